The van der Waals surface area contributed by atoms with Crippen molar-refractivity contribution in [3.8, 4) is 0 Å². The molecule has 1 nitrogen and oxygen atoms in total. The van der Waals surface area contributed by atoms with Gasteiger partial charge in [0.25, 0.3) is 0 Å². The van der Waals surface area contributed by atoms with E-state index < -0.39 is 0 Å². The summed E-state index contributed by atoms with van der Waals surface area (Å²) >= 11 is 0. The van der Waals surface area contributed by atoms with Gasteiger partial charge in [0.05, 0.1) is 6.10 Å². The predicted octanol–water partition coefficient (Wildman–Crippen LogP) is 1.56. The van der Waals surface area contributed by atoms with Gasteiger partial charge < -0.3 is 4.74 Å². The Hall–Kier alpha value is -0.300. The van der Waals surface area contributed by atoms with Gasteiger partial charge in [0.2, 0.25) is 0 Å². The highest BCUT2D eigenvalue weighted by Crippen LogP contribution is 2.13. The fraction of sp³-hybridized carbons (Fsp3) is 0.571. The van der Waals surface area contributed by atoms with Crippen molar-refractivity contribution in [1.29, 1.82) is 0 Å². The van der Waals surface area contributed by atoms with Gasteiger partial charge in [0.1, 0.15) is 0 Å². The minimum absolute atomic E-state index is 0.368. The molecule has 1 heteroatoms. The van der Waals surface area contributed by atoms with Crippen LogP contribution >= 0.6 is 0 Å². The summed E-state index contributed by atoms with van der Waals surface area (Å²) < 4.78 is 5.27. The third-order valence-corrected chi connectivity index (χ3v) is 1.28. The van der Waals surface area contributed by atoms with E-state index in [1.807, 2.05) is 6.08 Å². The van der Waals surface area contributed by atoms with E-state index in [0.717, 1.165) is 19.4 Å². The second kappa shape index (κ2) is 2.88. The molecular formula is C7H11O. The highest BCUT2D eigenvalue weighted by Gasteiger charge is 2.12. The molecule has 0 aromatic heterocycles. The Balaban J connectivity index is 2.14. The van der Waals surface area contributed by atoms with Crippen LogP contribution in [0.1, 0.15) is 12.8 Å². The number of ether oxygens (including phenoxy) is 1. The molecule has 1 saturated heterocycles. The van der Waals surface area contributed by atoms with Gasteiger partial charge in [-0.05, 0) is 19.3 Å². The molecule has 1 atom stereocenters. The zero-order valence-corrected chi connectivity index (χ0v) is 4.97. The summed E-state index contributed by atoms with van der Waals surface area (Å²) in [4.78, 5) is 0. The summed E-state index contributed by atoms with van der Waals surface area (Å²) in [6.07, 6.45) is 6.54. The molecule has 0 N–H and O–H groups in total. The lowest BCUT2D eigenvalue weighted by atomic mass is 10.2. The van der Waals surface area contributed by atoms with Crippen LogP contribution in [0.15, 0.2) is 12.7 Å². The first-order chi connectivity index (χ1) is 3.93. The summed E-state index contributed by atoms with van der Waals surface area (Å²) in [5.41, 5.74) is 0. The average Bonchev–Trinajstić information content (AvgIpc) is 2.19. The maximum atomic E-state index is 5.27. The van der Waals surface area contributed by atoms with E-state index in [1.54, 1.807) is 0 Å². The van der Waals surface area contributed by atoms with Crippen molar-refractivity contribution in [3.63, 3.8) is 0 Å². The molecule has 0 amide bonds. The zero-order valence-electron chi connectivity index (χ0n) is 4.97. The van der Waals surface area contributed by atoms with E-state index in [2.05, 4.69) is 13.0 Å². The Kier molecular flexibility index (Phi) is 2.10. The smallest absolute Gasteiger partial charge is 0.0642 e. The third-order valence-electron chi connectivity index (χ3n) is 1.28. The number of hydrogen-bond acceptors (Lipinski definition) is 1. The summed E-state index contributed by atoms with van der Waals surface area (Å²) in [6.45, 7) is 4.53. The van der Waals surface area contributed by atoms with Gasteiger partial charge in [-0.25, -0.2) is 0 Å². The van der Waals surface area contributed by atoms with E-state index in [1.165, 1.54) is 0 Å². The molecule has 0 saturated carbocycles. The Labute approximate surface area is 50.3 Å². The van der Waals surface area contributed by atoms with Crippen LogP contribution in [-0.2, 0) is 4.74 Å². The molecule has 0 aromatic rings. The van der Waals surface area contributed by atoms with Gasteiger partial charge in [-0.2, -0.15) is 0 Å². The monoisotopic (exact) mass is 111 g/mol. The van der Waals surface area contributed by atoms with Crippen LogP contribution in [0, 0.1) is 6.42 Å². The Morgan fingerprint density at radius 1 is 1.88 bits per heavy atom. The number of hydrogen-bond donors (Lipinski definition) is 0. The second-order valence-corrected chi connectivity index (χ2v) is 1.96. The topological polar surface area (TPSA) is 9.23 Å². The van der Waals surface area contributed by atoms with E-state index in [4.69, 9.17) is 4.74 Å². The molecule has 0 bridgehead atoms. The van der Waals surface area contributed by atoms with Gasteiger partial charge in [-0.15, -0.1) is 6.58 Å². The van der Waals surface area contributed by atoms with Crippen molar-refractivity contribution < 1.29 is 4.74 Å². The second-order valence-electron chi connectivity index (χ2n) is 1.96. The molecule has 1 heterocycles. The van der Waals surface area contributed by atoms with Crippen LogP contribution in [0.25, 0.3) is 0 Å². The van der Waals surface area contributed by atoms with Crippen molar-refractivity contribution in [2.24, 2.45) is 0 Å². The molecule has 0 spiro atoms. The van der Waals surface area contributed by atoms with Crippen molar-refractivity contribution in [1.82, 2.24) is 0 Å². The van der Waals surface area contributed by atoms with Crippen molar-refractivity contribution >= 4 is 0 Å². The molecule has 45 valence electrons. The van der Waals surface area contributed by atoms with Gasteiger partial charge >= 0.3 is 0 Å². The van der Waals surface area contributed by atoms with Gasteiger partial charge in [-0.1, -0.05) is 6.08 Å². The lowest BCUT2D eigenvalue weighted by Crippen LogP contribution is -2.01. The Morgan fingerprint density at radius 2 is 2.75 bits per heavy atom. The van der Waals surface area contributed by atoms with Gasteiger partial charge in [0, 0.05) is 6.61 Å². The highest BCUT2D eigenvalue weighted by atomic mass is 16.5. The summed E-state index contributed by atoms with van der Waals surface area (Å²) in [5, 5.41) is 0. The molecule has 8 heavy (non-hydrogen) atoms. The highest BCUT2D eigenvalue weighted by molar-refractivity contribution is 4.87. The normalized spacial score (nSPS) is 28.2. The van der Waals surface area contributed by atoms with Crippen molar-refractivity contribution in [2.75, 3.05) is 6.61 Å². The number of rotatable bonds is 2. The van der Waals surface area contributed by atoms with E-state index >= 15 is 0 Å². The maximum absolute atomic E-state index is 5.27. The van der Waals surface area contributed by atoms with Crippen LogP contribution in [0.2, 0.25) is 0 Å². The summed E-state index contributed by atoms with van der Waals surface area (Å²) in [7, 11) is 0. The quantitative estimate of drug-likeness (QED) is 0.491. The average molecular weight is 111 g/mol. The lowest BCUT2D eigenvalue weighted by molar-refractivity contribution is 0.125. The first-order valence-corrected chi connectivity index (χ1v) is 2.99. The predicted molar refractivity (Wildman–Crippen MR) is 33.5 cm³/mol. The molecular weight excluding hydrogens is 100 g/mol. The zero-order chi connectivity index (χ0) is 5.82. The SMILES string of the molecule is C=CCC1[CH]CCO1. The first kappa shape index (κ1) is 5.83. The minimum Gasteiger partial charge on any atom is -0.378 e. The van der Waals surface area contributed by atoms with Crippen LogP contribution < -0.4 is 0 Å². The van der Waals surface area contributed by atoms with E-state index in [9.17, 15) is 0 Å². The van der Waals surface area contributed by atoms with Gasteiger partial charge in [-0.3, -0.25) is 0 Å². The van der Waals surface area contributed by atoms with Crippen molar-refractivity contribution in [2.45, 2.75) is 18.9 Å². The molecule has 1 rings (SSSR count). The first-order valence-electron chi connectivity index (χ1n) is 2.99. The van der Waals surface area contributed by atoms with Crippen LogP contribution in [0.3, 0.4) is 0 Å². The molecule has 0 aliphatic carbocycles. The van der Waals surface area contributed by atoms with Gasteiger partial charge in [0.15, 0.2) is 0 Å². The molecule has 1 aliphatic rings. The molecule has 1 fully saturated rings. The largest absolute Gasteiger partial charge is 0.378 e. The third kappa shape index (κ3) is 1.34. The fourth-order valence-corrected chi connectivity index (χ4v) is 0.870. The lowest BCUT2D eigenvalue weighted by Gasteiger charge is -2.02. The molecule has 1 radical (unpaired) electrons. The van der Waals surface area contributed by atoms with E-state index in [-0.39, 0.29) is 0 Å². The molecule has 0 aromatic carbocycles. The molecule has 1 aliphatic heterocycles. The van der Waals surface area contributed by atoms with Crippen LogP contribution in [0.4, 0.5) is 0 Å². The maximum Gasteiger partial charge on any atom is 0.0642 e. The Bertz CT molecular complexity index is 72.5. The Morgan fingerprint density at radius 3 is 3.25 bits per heavy atom. The minimum atomic E-state index is 0.368. The van der Waals surface area contributed by atoms with Crippen LogP contribution in [-0.4, -0.2) is 12.7 Å². The summed E-state index contributed by atoms with van der Waals surface area (Å²) in [6, 6.07) is 0. The molecule has 1 unspecified atom stereocenters. The van der Waals surface area contributed by atoms with Crippen molar-refractivity contribution in [3.05, 3.63) is 19.1 Å². The standard InChI is InChI=1S/C7H11O/c1-2-4-7-5-3-6-8-7/h2,5,7H,1,3-4,6H2. The summed E-state index contributed by atoms with van der Waals surface area (Å²) in [5.74, 6) is 0. The van der Waals surface area contributed by atoms with E-state index in [0.29, 0.717) is 6.10 Å². The fourth-order valence-electron chi connectivity index (χ4n) is 0.870. The van der Waals surface area contributed by atoms with Crippen LogP contribution in [0.5, 0.6) is 0 Å².